The summed E-state index contributed by atoms with van der Waals surface area (Å²) in [6.07, 6.45) is 1.76. The summed E-state index contributed by atoms with van der Waals surface area (Å²) in [4.78, 5) is 27.4. The third kappa shape index (κ3) is 4.13. The van der Waals surface area contributed by atoms with Crippen molar-refractivity contribution >= 4 is 28.3 Å². The number of aromatic nitrogens is 1. The van der Waals surface area contributed by atoms with Gasteiger partial charge in [-0.15, -0.1) is 0 Å². The Morgan fingerprint density at radius 2 is 1.58 bits per heavy atom. The molecule has 1 fully saturated rings. The van der Waals surface area contributed by atoms with E-state index in [0.29, 0.717) is 30.1 Å². The molecule has 0 bridgehead atoms. The molecule has 1 aliphatic rings. The van der Waals surface area contributed by atoms with Gasteiger partial charge in [-0.2, -0.15) is 0 Å². The molecule has 0 amide bonds. The van der Waals surface area contributed by atoms with Gasteiger partial charge in [0.2, 0.25) is 0 Å². The predicted octanol–water partition coefficient (Wildman–Crippen LogP) is 4.62. The van der Waals surface area contributed by atoms with Crippen LogP contribution in [0, 0.1) is 0 Å². The van der Waals surface area contributed by atoms with E-state index < -0.39 is 0 Å². The number of carbonyl (C=O) groups excluding carboxylic acids is 2. The number of ketones is 1. The SMILES string of the molecule is CC(=O)Oc1cn(-c2ccccc2C(=O)c2ccc(N3CCOCC3)cc2)c2ccccc12. The summed E-state index contributed by atoms with van der Waals surface area (Å²) in [6.45, 7) is 4.51. The molecular weight excluding hydrogens is 416 g/mol. The second-order valence-corrected chi connectivity index (χ2v) is 7.97. The fourth-order valence-electron chi connectivity index (χ4n) is 4.26. The number of esters is 1. The van der Waals surface area contributed by atoms with Crippen LogP contribution in [0.2, 0.25) is 0 Å². The Bertz CT molecular complexity index is 1320. The zero-order valence-electron chi connectivity index (χ0n) is 18.4. The molecule has 166 valence electrons. The quantitative estimate of drug-likeness (QED) is 0.335. The van der Waals surface area contributed by atoms with Gasteiger partial charge in [0.25, 0.3) is 0 Å². The highest BCUT2D eigenvalue weighted by atomic mass is 16.5. The smallest absolute Gasteiger partial charge is 0.308 e. The number of benzene rings is 3. The Morgan fingerprint density at radius 3 is 2.33 bits per heavy atom. The molecule has 0 N–H and O–H groups in total. The number of nitrogens with zero attached hydrogens (tertiary/aromatic N) is 2. The van der Waals surface area contributed by atoms with Crippen LogP contribution in [0.1, 0.15) is 22.8 Å². The zero-order valence-corrected chi connectivity index (χ0v) is 18.4. The molecule has 0 saturated carbocycles. The van der Waals surface area contributed by atoms with E-state index in [1.807, 2.05) is 77.4 Å². The molecule has 0 unspecified atom stereocenters. The molecular formula is C27H24N2O4. The van der Waals surface area contributed by atoms with Crippen molar-refractivity contribution in [2.75, 3.05) is 31.2 Å². The molecule has 5 rings (SSSR count). The minimum atomic E-state index is -0.386. The van der Waals surface area contributed by atoms with Crippen molar-refractivity contribution in [1.29, 1.82) is 0 Å². The lowest BCUT2D eigenvalue weighted by molar-refractivity contribution is -0.131. The Morgan fingerprint density at radius 1 is 0.879 bits per heavy atom. The van der Waals surface area contributed by atoms with Crippen molar-refractivity contribution < 1.29 is 19.1 Å². The number of hydrogen-bond acceptors (Lipinski definition) is 5. The highest BCUT2D eigenvalue weighted by Crippen LogP contribution is 2.32. The molecule has 2 heterocycles. The van der Waals surface area contributed by atoms with E-state index in [0.717, 1.165) is 35.4 Å². The first-order chi connectivity index (χ1) is 16.1. The van der Waals surface area contributed by atoms with Gasteiger partial charge in [0.1, 0.15) is 0 Å². The van der Waals surface area contributed by atoms with Crippen LogP contribution in [-0.4, -0.2) is 42.6 Å². The third-order valence-corrected chi connectivity index (χ3v) is 5.84. The van der Waals surface area contributed by atoms with Crippen molar-refractivity contribution in [3.8, 4) is 11.4 Å². The van der Waals surface area contributed by atoms with E-state index in [1.165, 1.54) is 6.92 Å². The molecule has 1 aromatic heterocycles. The molecule has 1 aliphatic heterocycles. The van der Waals surface area contributed by atoms with E-state index >= 15 is 0 Å². The summed E-state index contributed by atoms with van der Waals surface area (Å²) in [5, 5.41) is 0.810. The van der Waals surface area contributed by atoms with E-state index in [-0.39, 0.29) is 11.8 Å². The Hall–Kier alpha value is -3.90. The first kappa shape index (κ1) is 21.0. The largest absolute Gasteiger partial charge is 0.424 e. The first-order valence-electron chi connectivity index (χ1n) is 11.0. The van der Waals surface area contributed by atoms with Gasteiger partial charge in [-0.25, -0.2) is 0 Å². The second kappa shape index (κ2) is 8.92. The van der Waals surface area contributed by atoms with Gasteiger partial charge < -0.3 is 18.9 Å². The lowest BCUT2D eigenvalue weighted by atomic mass is 10.0. The number of carbonyl (C=O) groups is 2. The second-order valence-electron chi connectivity index (χ2n) is 7.97. The summed E-state index contributed by atoms with van der Waals surface area (Å²) in [5.41, 5.74) is 3.87. The van der Waals surface area contributed by atoms with Crippen molar-refractivity contribution in [1.82, 2.24) is 4.57 Å². The molecule has 3 aromatic carbocycles. The molecule has 0 atom stereocenters. The standard InChI is InChI=1S/C27H24N2O4/c1-19(30)33-26-18-29(24-8-4-2-6-22(24)26)25-9-5-3-7-23(25)27(31)20-10-12-21(13-11-20)28-14-16-32-17-15-28/h2-13,18H,14-17H2,1H3. The van der Waals surface area contributed by atoms with Crippen LogP contribution in [0.25, 0.3) is 16.6 Å². The fourth-order valence-corrected chi connectivity index (χ4v) is 4.26. The molecule has 4 aromatic rings. The van der Waals surface area contributed by atoms with Gasteiger partial charge in [0.05, 0.1) is 30.6 Å². The predicted molar refractivity (Wildman–Crippen MR) is 127 cm³/mol. The average molecular weight is 440 g/mol. The summed E-state index contributed by atoms with van der Waals surface area (Å²) in [6, 6.07) is 22.9. The summed E-state index contributed by atoms with van der Waals surface area (Å²) < 4.78 is 12.8. The number of anilines is 1. The minimum absolute atomic E-state index is 0.0639. The Kier molecular flexibility index (Phi) is 5.67. The molecule has 6 nitrogen and oxygen atoms in total. The third-order valence-electron chi connectivity index (χ3n) is 5.84. The molecule has 33 heavy (non-hydrogen) atoms. The zero-order chi connectivity index (χ0) is 22.8. The first-order valence-corrected chi connectivity index (χ1v) is 11.0. The number of ether oxygens (including phenoxy) is 2. The highest BCUT2D eigenvalue weighted by molar-refractivity contribution is 6.11. The highest BCUT2D eigenvalue weighted by Gasteiger charge is 2.19. The van der Waals surface area contributed by atoms with Crippen LogP contribution in [0.15, 0.2) is 79.0 Å². The van der Waals surface area contributed by atoms with E-state index in [9.17, 15) is 9.59 Å². The topological polar surface area (TPSA) is 60.8 Å². The van der Waals surface area contributed by atoms with Gasteiger partial charge in [-0.3, -0.25) is 9.59 Å². The van der Waals surface area contributed by atoms with Gasteiger partial charge in [-0.05, 0) is 48.5 Å². The van der Waals surface area contributed by atoms with Crippen LogP contribution in [0.4, 0.5) is 5.69 Å². The summed E-state index contributed by atoms with van der Waals surface area (Å²) in [7, 11) is 0. The molecule has 0 radical (unpaired) electrons. The van der Waals surface area contributed by atoms with Crippen molar-refractivity contribution in [2.45, 2.75) is 6.92 Å². The van der Waals surface area contributed by atoms with E-state index in [4.69, 9.17) is 9.47 Å². The molecule has 0 aliphatic carbocycles. The maximum absolute atomic E-state index is 13.5. The molecule has 0 spiro atoms. The van der Waals surface area contributed by atoms with E-state index in [2.05, 4.69) is 4.90 Å². The van der Waals surface area contributed by atoms with Crippen LogP contribution < -0.4 is 9.64 Å². The number of fused-ring (bicyclic) bond motifs is 1. The average Bonchev–Trinajstić information content (AvgIpc) is 3.22. The van der Waals surface area contributed by atoms with Gasteiger partial charge in [-0.1, -0.05) is 24.3 Å². The fraction of sp³-hybridized carbons (Fsp3) is 0.185. The van der Waals surface area contributed by atoms with Gasteiger partial charge >= 0.3 is 5.97 Å². The van der Waals surface area contributed by atoms with Crippen molar-refractivity contribution in [3.63, 3.8) is 0 Å². The Balaban J connectivity index is 1.52. The van der Waals surface area contributed by atoms with Gasteiger partial charge in [0, 0.05) is 42.2 Å². The lowest BCUT2D eigenvalue weighted by Crippen LogP contribution is -2.36. The van der Waals surface area contributed by atoms with E-state index in [1.54, 1.807) is 6.20 Å². The van der Waals surface area contributed by atoms with Crippen molar-refractivity contribution in [3.05, 3.63) is 90.1 Å². The number of hydrogen-bond donors (Lipinski definition) is 0. The number of morpholine rings is 1. The van der Waals surface area contributed by atoms with Crippen LogP contribution >= 0.6 is 0 Å². The lowest BCUT2D eigenvalue weighted by Gasteiger charge is -2.28. The Labute approximate surface area is 192 Å². The monoisotopic (exact) mass is 440 g/mol. The minimum Gasteiger partial charge on any atom is -0.424 e. The van der Waals surface area contributed by atoms with Crippen LogP contribution in [0.5, 0.6) is 5.75 Å². The summed E-state index contributed by atoms with van der Waals surface area (Å²) >= 11 is 0. The molecule has 1 saturated heterocycles. The van der Waals surface area contributed by atoms with Crippen LogP contribution in [-0.2, 0) is 9.53 Å². The maximum atomic E-state index is 13.5. The van der Waals surface area contributed by atoms with Crippen LogP contribution in [0.3, 0.4) is 0 Å². The van der Waals surface area contributed by atoms with Crippen molar-refractivity contribution in [2.24, 2.45) is 0 Å². The normalized spacial score (nSPS) is 13.8. The number of para-hydroxylation sites is 2. The number of rotatable bonds is 5. The maximum Gasteiger partial charge on any atom is 0.308 e. The molecule has 6 heteroatoms. The summed E-state index contributed by atoms with van der Waals surface area (Å²) in [5.74, 6) is 0.0174. The van der Waals surface area contributed by atoms with Gasteiger partial charge in [0.15, 0.2) is 11.5 Å².